The van der Waals surface area contributed by atoms with Crippen molar-refractivity contribution in [2.75, 3.05) is 33.0 Å². The number of rotatable bonds is 9. The van der Waals surface area contributed by atoms with Crippen LogP contribution in [0.5, 0.6) is 5.75 Å². The Bertz CT molecular complexity index is 1340. The molecule has 37 heavy (non-hydrogen) atoms. The highest BCUT2D eigenvalue weighted by Crippen LogP contribution is 2.38. The lowest BCUT2D eigenvalue weighted by atomic mass is 9.96. The van der Waals surface area contributed by atoms with Crippen molar-refractivity contribution in [2.24, 2.45) is 0 Å². The smallest absolute Gasteiger partial charge is 0.342 e. The summed E-state index contributed by atoms with van der Waals surface area (Å²) in [5.74, 6) is 4.30. The second-order valence-electron chi connectivity index (χ2n) is 8.46. The number of amides is 1. The summed E-state index contributed by atoms with van der Waals surface area (Å²) in [5.41, 5.74) is 0.412. The van der Waals surface area contributed by atoms with E-state index in [-0.39, 0.29) is 44.3 Å². The van der Waals surface area contributed by atoms with Gasteiger partial charge in [-0.15, -0.1) is 0 Å². The summed E-state index contributed by atoms with van der Waals surface area (Å²) in [5, 5.41) is 0.0842. The van der Waals surface area contributed by atoms with Crippen LogP contribution in [-0.4, -0.2) is 62.5 Å². The van der Waals surface area contributed by atoms with Crippen molar-refractivity contribution in [3.05, 3.63) is 57.1 Å². The zero-order valence-electron chi connectivity index (χ0n) is 21.0. The van der Waals surface area contributed by atoms with E-state index in [2.05, 4.69) is 30.6 Å². The number of carbonyl (C=O) groups excluding carboxylic acids is 2. The third kappa shape index (κ3) is 6.21. The highest BCUT2D eigenvalue weighted by Gasteiger charge is 2.44. The SMILES string of the molecule is CCN(CC)CC#CCOc1cc(C(C)C)c2c(c1)S(=O)(=O)N(COC(=O)c1c(Cl)cccc1Cl)C2=O. The molecule has 0 fully saturated rings. The highest BCUT2D eigenvalue weighted by atomic mass is 35.5. The molecule has 0 atom stereocenters. The molecule has 2 aromatic carbocycles. The van der Waals surface area contributed by atoms with Gasteiger partial charge in [0, 0.05) is 6.07 Å². The Morgan fingerprint density at radius 2 is 1.76 bits per heavy atom. The van der Waals surface area contributed by atoms with Gasteiger partial charge in [-0.05, 0) is 42.8 Å². The summed E-state index contributed by atoms with van der Waals surface area (Å²) < 4.78 is 38.0. The molecule has 1 heterocycles. The maximum atomic E-state index is 13.3. The molecule has 0 spiro atoms. The highest BCUT2D eigenvalue weighted by molar-refractivity contribution is 7.90. The van der Waals surface area contributed by atoms with Crippen LogP contribution in [0.4, 0.5) is 0 Å². The minimum absolute atomic E-state index is 0.0294. The molecule has 0 unspecified atom stereocenters. The van der Waals surface area contributed by atoms with Crippen LogP contribution < -0.4 is 4.74 Å². The van der Waals surface area contributed by atoms with Gasteiger partial charge in [-0.2, -0.15) is 4.31 Å². The van der Waals surface area contributed by atoms with Gasteiger partial charge in [0.1, 0.15) is 17.3 Å². The molecule has 0 aromatic heterocycles. The number of hydrogen-bond donors (Lipinski definition) is 0. The number of hydrogen-bond acceptors (Lipinski definition) is 7. The van der Waals surface area contributed by atoms with Gasteiger partial charge in [-0.3, -0.25) is 9.69 Å². The summed E-state index contributed by atoms with van der Waals surface area (Å²) in [6, 6.07) is 7.38. The maximum absolute atomic E-state index is 13.3. The average molecular weight is 567 g/mol. The van der Waals surface area contributed by atoms with Gasteiger partial charge < -0.3 is 9.47 Å². The van der Waals surface area contributed by atoms with Crippen LogP contribution in [-0.2, 0) is 14.8 Å². The van der Waals surface area contributed by atoms with Gasteiger partial charge >= 0.3 is 5.97 Å². The Morgan fingerprint density at radius 3 is 2.35 bits per heavy atom. The molecule has 3 rings (SSSR count). The van der Waals surface area contributed by atoms with Crippen LogP contribution in [0, 0.1) is 11.8 Å². The van der Waals surface area contributed by atoms with E-state index in [1.807, 2.05) is 13.8 Å². The first-order valence-electron chi connectivity index (χ1n) is 11.7. The van der Waals surface area contributed by atoms with Crippen molar-refractivity contribution in [1.82, 2.24) is 9.21 Å². The predicted octanol–water partition coefficient (Wildman–Crippen LogP) is 4.80. The molecule has 198 valence electrons. The molecule has 8 nitrogen and oxygen atoms in total. The number of ether oxygens (including phenoxy) is 2. The van der Waals surface area contributed by atoms with E-state index in [1.165, 1.54) is 18.2 Å². The zero-order valence-corrected chi connectivity index (χ0v) is 23.3. The third-order valence-electron chi connectivity index (χ3n) is 5.85. The number of nitrogens with zero attached hydrogens (tertiary/aromatic N) is 2. The summed E-state index contributed by atoms with van der Waals surface area (Å²) in [6.45, 7) is 9.39. The van der Waals surface area contributed by atoms with Crippen molar-refractivity contribution in [3.8, 4) is 17.6 Å². The molecule has 0 bridgehead atoms. The molecule has 1 aliphatic heterocycles. The first kappa shape index (κ1) is 28.8. The monoisotopic (exact) mass is 566 g/mol. The molecule has 1 aliphatic rings. The lowest BCUT2D eigenvalue weighted by Gasteiger charge is -2.16. The van der Waals surface area contributed by atoms with Gasteiger partial charge in [0.2, 0.25) is 0 Å². The number of esters is 1. The van der Waals surface area contributed by atoms with Crippen molar-refractivity contribution >= 4 is 45.1 Å². The van der Waals surface area contributed by atoms with Gasteiger partial charge in [0.15, 0.2) is 6.73 Å². The first-order valence-corrected chi connectivity index (χ1v) is 13.9. The minimum atomic E-state index is -4.31. The second-order valence-corrected chi connectivity index (χ2v) is 11.1. The van der Waals surface area contributed by atoms with Crippen LogP contribution in [0.2, 0.25) is 10.0 Å². The van der Waals surface area contributed by atoms with Gasteiger partial charge in [0.25, 0.3) is 15.9 Å². The molecule has 0 saturated carbocycles. The molecule has 0 saturated heterocycles. The molecular formula is C26H28Cl2N2O6S. The predicted molar refractivity (Wildman–Crippen MR) is 142 cm³/mol. The Labute approximate surface area is 227 Å². The number of fused-ring (bicyclic) bond motifs is 1. The number of carbonyl (C=O) groups is 2. The first-order chi connectivity index (χ1) is 17.5. The maximum Gasteiger partial charge on any atom is 0.342 e. The van der Waals surface area contributed by atoms with Crippen LogP contribution >= 0.6 is 23.2 Å². The summed E-state index contributed by atoms with van der Waals surface area (Å²) in [6.07, 6.45) is 0. The summed E-state index contributed by atoms with van der Waals surface area (Å²) >= 11 is 12.1. The van der Waals surface area contributed by atoms with Crippen LogP contribution in [0.3, 0.4) is 0 Å². The van der Waals surface area contributed by atoms with E-state index >= 15 is 0 Å². The van der Waals surface area contributed by atoms with E-state index in [4.69, 9.17) is 32.7 Å². The van der Waals surface area contributed by atoms with E-state index in [9.17, 15) is 18.0 Å². The minimum Gasteiger partial charge on any atom is -0.481 e. The lowest BCUT2D eigenvalue weighted by molar-refractivity contribution is 0.0358. The zero-order chi connectivity index (χ0) is 27.3. The second kappa shape index (κ2) is 12.2. The molecule has 0 aliphatic carbocycles. The fraction of sp³-hybridized carbons (Fsp3) is 0.385. The Balaban J connectivity index is 1.83. The Hall–Kier alpha value is -2.77. The molecule has 0 N–H and O–H groups in total. The van der Waals surface area contributed by atoms with Gasteiger partial charge in [-0.1, -0.05) is 68.8 Å². The standard InChI is InChI=1S/C26H28Cl2N2O6S/c1-5-29(6-2)12-7-8-13-35-18-14-19(17(3)4)23-22(15-18)37(33,34)30(25(23)31)16-36-26(32)24-20(27)10-9-11-21(24)28/h9-11,14-15,17H,5-6,12-13,16H2,1-4H3. The topological polar surface area (TPSA) is 93.2 Å². The van der Waals surface area contributed by atoms with Crippen molar-refractivity contribution in [2.45, 2.75) is 38.5 Å². The van der Waals surface area contributed by atoms with E-state index in [1.54, 1.807) is 12.1 Å². The molecule has 0 radical (unpaired) electrons. The summed E-state index contributed by atoms with van der Waals surface area (Å²) in [7, 11) is -4.31. The molecular weight excluding hydrogens is 539 g/mol. The largest absolute Gasteiger partial charge is 0.481 e. The van der Waals surface area contributed by atoms with E-state index < -0.39 is 28.6 Å². The Morgan fingerprint density at radius 1 is 1.11 bits per heavy atom. The normalized spacial score (nSPS) is 13.9. The molecule has 2 aromatic rings. The average Bonchev–Trinajstić information content (AvgIpc) is 3.04. The fourth-order valence-corrected chi connectivity index (χ4v) is 5.75. The van der Waals surface area contributed by atoms with Crippen molar-refractivity contribution in [3.63, 3.8) is 0 Å². The van der Waals surface area contributed by atoms with Gasteiger partial charge in [-0.25, -0.2) is 13.2 Å². The van der Waals surface area contributed by atoms with Crippen molar-refractivity contribution in [1.29, 1.82) is 0 Å². The van der Waals surface area contributed by atoms with Crippen LogP contribution in [0.15, 0.2) is 35.2 Å². The number of benzene rings is 2. The van der Waals surface area contributed by atoms with Crippen LogP contribution in [0.25, 0.3) is 0 Å². The van der Waals surface area contributed by atoms with E-state index in [0.717, 1.165) is 13.1 Å². The Kier molecular flexibility index (Phi) is 9.48. The number of sulfonamides is 1. The third-order valence-corrected chi connectivity index (χ3v) is 8.21. The fourth-order valence-electron chi connectivity index (χ4n) is 3.73. The molecule has 11 heteroatoms. The van der Waals surface area contributed by atoms with E-state index in [0.29, 0.717) is 16.4 Å². The molecule has 1 amide bonds. The van der Waals surface area contributed by atoms with Crippen molar-refractivity contribution < 1.29 is 27.5 Å². The number of halogens is 2. The lowest BCUT2D eigenvalue weighted by Crippen LogP contribution is -2.33. The van der Waals surface area contributed by atoms with Crippen LogP contribution in [0.1, 0.15) is 59.9 Å². The van der Waals surface area contributed by atoms with Gasteiger partial charge in [0.05, 0.1) is 27.7 Å². The summed E-state index contributed by atoms with van der Waals surface area (Å²) in [4.78, 5) is 27.7. The quantitative estimate of drug-likeness (QED) is 0.318.